The Balaban J connectivity index is 1.85. The van der Waals surface area contributed by atoms with Crippen molar-refractivity contribution in [3.05, 3.63) is 59.2 Å². The fraction of sp³-hybridized carbons (Fsp3) is 0.385. The normalized spacial score (nSPS) is 20.3. The van der Waals surface area contributed by atoms with E-state index in [0.717, 1.165) is 31.2 Å². The number of hydrogen-bond donors (Lipinski definition) is 1. The molecule has 2 fully saturated rings. The topological polar surface area (TPSA) is 85.3 Å². The Hall–Kier alpha value is -3.48. The lowest BCUT2D eigenvalue weighted by Crippen LogP contribution is -2.37. The third-order valence-corrected chi connectivity index (χ3v) is 6.36. The number of ketones is 1. The third-order valence-electron chi connectivity index (χ3n) is 6.36. The van der Waals surface area contributed by atoms with Gasteiger partial charge in [0.1, 0.15) is 11.5 Å². The standard InChI is InChI=1S/C26H29NO6/c1-4-33-19-12-9-16(10-13-19)23-22(25(29)26(30)27(23)18-7-5-6-8-18)24(28)17-11-14-20(31-2)21(15-17)32-3/h9-15,18,23,28H,4-8H2,1-3H3/b24-22-. The van der Waals surface area contributed by atoms with Crippen molar-refractivity contribution in [3.63, 3.8) is 0 Å². The molecule has 7 heteroatoms. The van der Waals surface area contributed by atoms with E-state index >= 15 is 0 Å². The molecule has 1 saturated heterocycles. The molecule has 1 saturated carbocycles. The van der Waals surface area contributed by atoms with Gasteiger partial charge in [-0.1, -0.05) is 25.0 Å². The molecule has 2 aromatic carbocycles. The van der Waals surface area contributed by atoms with E-state index in [1.807, 2.05) is 31.2 Å². The first-order chi connectivity index (χ1) is 16.0. The third kappa shape index (κ3) is 4.15. The van der Waals surface area contributed by atoms with Crippen molar-refractivity contribution in [3.8, 4) is 17.2 Å². The zero-order valence-electron chi connectivity index (χ0n) is 19.2. The van der Waals surface area contributed by atoms with Crippen LogP contribution >= 0.6 is 0 Å². The Morgan fingerprint density at radius 1 is 1.00 bits per heavy atom. The number of benzene rings is 2. The first kappa shape index (κ1) is 22.7. The summed E-state index contributed by atoms with van der Waals surface area (Å²) in [5, 5.41) is 11.3. The van der Waals surface area contributed by atoms with E-state index in [-0.39, 0.29) is 17.4 Å². The molecule has 0 radical (unpaired) electrons. The van der Waals surface area contributed by atoms with Gasteiger partial charge in [-0.3, -0.25) is 9.59 Å². The maximum Gasteiger partial charge on any atom is 0.295 e. The molecule has 0 bridgehead atoms. The number of aliphatic hydroxyl groups is 1. The van der Waals surface area contributed by atoms with E-state index < -0.39 is 17.7 Å². The molecule has 1 amide bonds. The molecule has 1 atom stereocenters. The number of ether oxygens (including phenoxy) is 3. The lowest BCUT2D eigenvalue weighted by molar-refractivity contribution is -0.141. The van der Waals surface area contributed by atoms with Crippen LogP contribution in [0.4, 0.5) is 0 Å². The predicted molar refractivity (Wildman–Crippen MR) is 124 cm³/mol. The second kappa shape index (κ2) is 9.57. The van der Waals surface area contributed by atoms with Gasteiger partial charge in [0.25, 0.3) is 11.7 Å². The van der Waals surface area contributed by atoms with Gasteiger partial charge < -0.3 is 24.2 Å². The van der Waals surface area contributed by atoms with Crippen LogP contribution < -0.4 is 14.2 Å². The second-order valence-electron chi connectivity index (χ2n) is 8.22. The van der Waals surface area contributed by atoms with Gasteiger partial charge in [0.2, 0.25) is 0 Å². The summed E-state index contributed by atoms with van der Waals surface area (Å²) in [5.41, 5.74) is 1.22. The molecule has 0 aromatic heterocycles. The van der Waals surface area contributed by atoms with Gasteiger partial charge in [-0.15, -0.1) is 0 Å². The van der Waals surface area contributed by atoms with Gasteiger partial charge in [0, 0.05) is 11.6 Å². The smallest absolute Gasteiger partial charge is 0.295 e. The molecule has 1 N–H and O–H groups in total. The number of likely N-dealkylation sites (tertiary alicyclic amines) is 1. The number of rotatable bonds is 7. The number of aliphatic hydroxyl groups excluding tert-OH is 1. The van der Waals surface area contributed by atoms with E-state index in [9.17, 15) is 14.7 Å². The highest BCUT2D eigenvalue weighted by atomic mass is 16.5. The van der Waals surface area contributed by atoms with Crippen LogP contribution in [0, 0.1) is 0 Å². The maximum absolute atomic E-state index is 13.2. The molecular weight excluding hydrogens is 422 g/mol. The maximum atomic E-state index is 13.2. The zero-order valence-corrected chi connectivity index (χ0v) is 19.2. The molecule has 1 aliphatic carbocycles. The minimum Gasteiger partial charge on any atom is -0.507 e. The molecule has 1 unspecified atom stereocenters. The van der Waals surface area contributed by atoms with Crippen LogP contribution in [0.2, 0.25) is 0 Å². The van der Waals surface area contributed by atoms with Crippen LogP contribution in [-0.2, 0) is 9.59 Å². The average molecular weight is 452 g/mol. The summed E-state index contributed by atoms with van der Waals surface area (Å²) >= 11 is 0. The molecule has 7 nitrogen and oxygen atoms in total. The SMILES string of the molecule is CCOc1ccc(C2/C(=C(/O)c3ccc(OC)c(OC)c3)C(=O)C(=O)N2C2CCCC2)cc1. The quantitative estimate of drug-likeness (QED) is 0.380. The summed E-state index contributed by atoms with van der Waals surface area (Å²) < 4.78 is 16.2. The van der Waals surface area contributed by atoms with Crippen LogP contribution in [0.15, 0.2) is 48.0 Å². The van der Waals surface area contributed by atoms with Gasteiger partial charge in [-0.05, 0) is 55.7 Å². The summed E-state index contributed by atoms with van der Waals surface area (Å²) in [5.74, 6) is 0.163. The summed E-state index contributed by atoms with van der Waals surface area (Å²) in [4.78, 5) is 28.1. The number of carbonyl (C=O) groups is 2. The fourth-order valence-electron chi connectivity index (χ4n) is 4.79. The summed E-state index contributed by atoms with van der Waals surface area (Å²) in [6.07, 6.45) is 3.71. The van der Waals surface area contributed by atoms with E-state index in [4.69, 9.17) is 14.2 Å². The Morgan fingerprint density at radius 3 is 2.27 bits per heavy atom. The summed E-state index contributed by atoms with van der Waals surface area (Å²) in [6, 6.07) is 11.6. The minimum absolute atomic E-state index is 0.0336. The van der Waals surface area contributed by atoms with Crippen molar-refractivity contribution >= 4 is 17.4 Å². The molecular formula is C26H29NO6. The Kier molecular flexibility index (Phi) is 6.58. The van der Waals surface area contributed by atoms with Crippen molar-refractivity contribution in [2.75, 3.05) is 20.8 Å². The monoisotopic (exact) mass is 451 g/mol. The van der Waals surface area contributed by atoms with Crippen molar-refractivity contribution in [2.24, 2.45) is 0 Å². The molecule has 33 heavy (non-hydrogen) atoms. The van der Waals surface area contributed by atoms with E-state index in [1.54, 1.807) is 23.1 Å². The van der Waals surface area contributed by atoms with Crippen molar-refractivity contribution in [1.82, 2.24) is 4.90 Å². The number of Topliss-reactive ketones (excluding diaryl/α,β-unsaturated/α-hetero) is 1. The number of hydrogen-bond acceptors (Lipinski definition) is 6. The number of methoxy groups -OCH3 is 2. The van der Waals surface area contributed by atoms with Crippen LogP contribution in [0.3, 0.4) is 0 Å². The highest BCUT2D eigenvalue weighted by molar-refractivity contribution is 6.46. The van der Waals surface area contributed by atoms with Gasteiger partial charge in [0.05, 0.1) is 32.4 Å². The Labute approximate surface area is 193 Å². The molecule has 174 valence electrons. The first-order valence-electron chi connectivity index (χ1n) is 11.2. The van der Waals surface area contributed by atoms with Crippen molar-refractivity contribution < 1.29 is 28.9 Å². The highest BCUT2D eigenvalue weighted by Crippen LogP contribution is 2.44. The first-order valence-corrected chi connectivity index (χ1v) is 11.2. The summed E-state index contributed by atoms with van der Waals surface area (Å²) in [7, 11) is 3.02. The van der Waals surface area contributed by atoms with Crippen molar-refractivity contribution in [2.45, 2.75) is 44.7 Å². The lowest BCUT2D eigenvalue weighted by Gasteiger charge is -2.30. The number of nitrogens with zero attached hydrogens (tertiary/aromatic N) is 1. The molecule has 0 spiro atoms. The predicted octanol–water partition coefficient (Wildman–Crippen LogP) is 4.47. The molecule has 4 rings (SSSR count). The van der Waals surface area contributed by atoms with Crippen LogP contribution in [0.1, 0.15) is 49.8 Å². The van der Waals surface area contributed by atoms with Crippen LogP contribution in [0.5, 0.6) is 17.2 Å². The van der Waals surface area contributed by atoms with Crippen LogP contribution in [-0.4, -0.2) is 48.6 Å². The molecule has 1 aliphatic heterocycles. The average Bonchev–Trinajstić information content (AvgIpc) is 3.45. The van der Waals surface area contributed by atoms with E-state index in [1.165, 1.54) is 14.2 Å². The van der Waals surface area contributed by atoms with Gasteiger partial charge in [0.15, 0.2) is 11.5 Å². The highest BCUT2D eigenvalue weighted by Gasteiger charge is 2.49. The lowest BCUT2D eigenvalue weighted by atomic mass is 9.94. The molecule has 2 aromatic rings. The summed E-state index contributed by atoms with van der Waals surface area (Å²) in [6.45, 7) is 2.45. The van der Waals surface area contributed by atoms with E-state index in [2.05, 4.69) is 0 Å². The van der Waals surface area contributed by atoms with Gasteiger partial charge in [-0.2, -0.15) is 0 Å². The Bertz CT molecular complexity index is 1070. The largest absolute Gasteiger partial charge is 0.507 e. The van der Waals surface area contributed by atoms with Gasteiger partial charge >= 0.3 is 0 Å². The van der Waals surface area contributed by atoms with Gasteiger partial charge in [-0.25, -0.2) is 0 Å². The Morgan fingerprint density at radius 2 is 1.67 bits per heavy atom. The zero-order chi connectivity index (χ0) is 23.5. The number of carbonyl (C=O) groups excluding carboxylic acids is 2. The van der Waals surface area contributed by atoms with E-state index in [0.29, 0.717) is 29.4 Å². The fourth-order valence-corrected chi connectivity index (χ4v) is 4.79. The second-order valence-corrected chi connectivity index (χ2v) is 8.22. The van der Waals surface area contributed by atoms with Crippen LogP contribution in [0.25, 0.3) is 5.76 Å². The molecule has 2 aliphatic rings. The number of amides is 1. The molecule has 1 heterocycles. The van der Waals surface area contributed by atoms with Crippen molar-refractivity contribution in [1.29, 1.82) is 0 Å². The minimum atomic E-state index is -0.673.